The summed E-state index contributed by atoms with van der Waals surface area (Å²) in [6.07, 6.45) is 11.4. The molecule has 1 aliphatic carbocycles. The van der Waals surface area contributed by atoms with Gasteiger partial charge >= 0.3 is 0 Å². The summed E-state index contributed by atoms with van der Waals surface area (Å²) in [5.74, 6) is 1.01. The van der Waals surface area contributed by atoms with E-state index in [1.54, 1.807) is 6.20 Å². The average molecular weight is 387 g/mol. The first-order valence-corrected chi connectivity index (χ1v) is 11.2. The van der Waals surface area contributed by atoms with E-state index in [1.807, 2.05) is 0 Å². The van der Waals surface area contributed by atoms with Crippen molar-refractivity contribution in [1.29, 1.82) is 0 Å². The number of aromatic amines is 1. The Hall–Kier alpha value is -1.85. The van der Waals surface area contributed by atoms with Gasteiger partial charge in [0, 0.05) is 37.0 Å². The van der Waals surface area contributed by atoms with Gasteiger partial charge < -0.3 is 9.80 Å². The highest BCUT2D eigenvalue weighted by Gasteiger charge is 2.35. The van der Waals surface area contributed by atoms with Crippen LogP contribution in [0.1, 0.15) is 93.6 Å². The number of hydrogen-bond donors (Lipinski definition) is 1. The van der Waals surface area contributed by atoms with Crippen LogP contribution in [0.15, 0.2) is 6.20 Å². The predicted octanol–water partition coefficient (Wildman–Crippen LogP) is 3.71. The van der Waals surface area contributed by atoms with E-state index < -0.39 is 0 Å². The van der Waals surface area contributed by atoms with Crippen LogP contribution in [-0.4, -0.2) is 57.0 Å². The summed E-state index contributed by atoms with van der Waals surface area (Å²) >= 11 is 0. The largest absolute Gasteiger partial charge is 0.342 e. The number of H-pyrrole nitrogens is 1. The lowest BCUT2D eigenvalue weighted by molar-refractivity contribution is -0.136. The first-order chi connectivity index (χ1) is 13.6. The zero-order valence-corrected chi connectivity index (χ0v) is 17.3. The van der Waals surface area contributed by atoms with E-state index >= 15 is 0 Å². The maximum absolute atomic E-state index is 13.3. The smallest absolute Gasteiger partial charge is 0.257 e. The van der Waals surface area contributed by atoms with E-state index in [9.17, 15) is 9.59 Å². The Balaban J connectivity index is 1.42. The molecule has 154 valence electrons. The fourth-order valence-electron chi connectivity index (χ4n) is 5.56. The van der Waals surface area contributed by atoms with Gasteiger partial charge in [-0.1, -0.05) is 12.8 Å². The average Bonchev–Trinajstić information content (AvgIpc) is 3.39. The Morgan fingerprint density at radius 1 is 0.964 bits per heavy atom. The normalized spacial score (nSPS) is 27.4. The second-order valence-corrected chi connectivity index (χ2v) is 9.12. The zero-order valence-electron chi connectivity index (χ0n) is 17.3. The molecule has 0 bridgehead atoms. The van der Waals surface area contributed by atoms with Gasteiger partial charge in [0.05, 0.1) is 17.5 Å². The van der Waals surface area contributed by atoms with Gasteiger partial charge in [-0.3, -0.25) is 14.7 Å². The van der Waals surface area contributed by atoms with E-state index in [0.717, 1.165) is 62.9 Å². The fourth-order valence-corrected chi connectivity index (χ4v) is 5.56. The number of piperidine rings is 2. The Labute approximate surface area is 168 Å². The molecular formula is C22H34N4O2. The SMILES string of the molecule is CC1CCCC(C)N1C(=O)c1cn[nH]c1C1CCN(C(=O)C2CCCC2)CC1. The number of amides is 2. The molecular weight excluding hydrogens is 352 g/mol. The monoisotopic (exact) mass is 386 g/mol. The molecule has 3 aliphatic rings. The number of likely N-dealkylation sites (tertiary alicyclic amines) is 2. The quantitative estimate of drug-likeness (QED) is 0.861. The molecule has 1 aromatic heterocycles. The highest BCUT2D eigenvalue weighted by molar-refractivity contribution is 5.95. The molecule has 6 heteroatoms. The van der Waals surface area contributed by atoms with Crippen LogP contribution in [0.4, 0.5) is 0 Å². The Bertz CT molecular complexity index is 691. The van der Waals surface area contributed by atoms with Gasteiger partial charge in [-0.25, -0.2) is 0 Å². The first kappa shape index (κ1) is 19.5. The predicted molar refractivity (Wildman–Crippen MR) is 108 cm³/mol. The number of nitrogens with zero attached hydrogens (tertiary/aromatic N) is 3. The zero-order chi connectivity index (χ0) is 19.7. The molecule has 1 aromatic rings. The minimum absolute atomic E-state index is 0.118. The summed E-state index contributed by atoms with van der Waals surface area (Å²) < 4.78 is 0. The standard InChI is InChI=1S/C22H34N4O2/c1-15-6-5-7-16(2)26(15)22(28)19-14-23-24-20(19)17-10-12-25(13-11-17)21(27)18-8-3-4-9-18/h14-18H,3-13H2,1-2H3,(H,23,24). The Morgan fingerprint density at radius 2 is 1.61 bits per heavy atom. The summed E-state index contributed by atoms with van der Waals surface area (Å²) in [4.78, 5) is 30.1. The summed E-state index contributed by atoms with van der Waals surface area (Å²) in [5.41, 5.74) is 1.71. The maximum atomic E-state index is 13.3. The fraction of sp³-hybridized carbons (Fsp3) is 0.773. The second kappa shape index (κ2) is 8.26. The molecule has 2 amide bonds. The molecule has 2 atom stereocenters. The highest BCUT2D eigenvalue weighted by atomic mass is 16.2. The van der Waals surface area contributed by atoms with Gasteiger partial charge in [-0.05, 0) is 58.8 Å². The van der Waals surface area contributed by atoms with E-state index in [2.05, 4.69) is 33.8 Å². The van der Waals surface area contributed by atoms with Gasteiger partial charge in [0.15, 0.2) is 0 Å². The third kappa shape index (κ3) is 3.70. The molecule has 3 heterocycles. The summed E-state index contributed by atoms with van der Waals surface area (Å²) in [6, 6.07) is 0.565. The van der Waals surface area contributed by atoms with Crippen molar-refractivity contribution in [2.24, 2.45) is 5.92 Å². The molecule has 1 N–H and O–H groups in total. The molecule has 3 fully saturated rings. The van der Waals surface area contributed by atoms with Gasteiger partial charge in [0.1, 0.15) is 0 Å². The molecule has 0 aromatic carbocycles. The second-order valence-electron chi connectivity index (χ2n) is 9.12. The number of carbonyl (C=O) groups is 2. The minimum atomic E-state index is 0.118. The van der Waals surface area contributed by atoms with Crippen LogP contribution < -0.4 is 0 Å². The molecule has 6 nitrogen and oxygen atoms in total. The number of rotatable bonds is 3. The van der Waals surface area contributed by atoms with Crippen molar-refractivity contribution in [3.63, 3.8) is 0 Å². The Morgan fingerprint density at radius 3 is 2.25 bits per heavy atom. The molecule has 2 aliphatic heterocycles. The van der Waals surface area contributed by atoms with Crippen molar-refractivity contribution in [1.82, 2.24) is 20.0 Å². The number of nitrogens with one attached hydrogen (secondary N) is 1. The number of hydrogen-bond acceptors (Lipinski definition) is 3. The molecule has 0 radical (unpaired) electrons. The third-order valence-electron chi connectivity index (χ3n) is 7.25. The first-order valence-electron chi connectivity index (χ1n) is 11.2. The van der Waals surface area contributed by atoms with Gasteiger partial charge in [0.2, 0.25) is 5.91 Å². The molecule has 28 heavy (non-hydrogen) atoms. The summed E-state index contributed by atoms with van der Waals surface area (Å²) in [7, 11) is 0. The van der Waals surface area contributed by atoms with Gasteiger partial charge in [0.25, 0.3) is 5.91 Å². The maximum Gasteiger partial charge on any atom is 0.257 e. The molecule has 1 saturated carbocycles. The lowest BCUT2D eigenvalue weighted by atomic mass is 9.89. The van der Waals surface area contributed by atoms with Gasteiger partial charge in [-0.15, -0.1) is 0 Å². The molecule has 2 unspecified atom stereocenters. The Kier molecular flexibility index (Phi) is 5.74. The van der Waals surface area contributed by atoms with E-state index in [-0.39, 0.29) is 29.8 Å². The highest BCUT2D eigenvalue weighted by Crippen LogP contribution is 2.33. The van der Waals surface area contributed by atoms with Crippen LogP contribution >= 0.6 is 0 Å². The van der Waals surface area contributed by atoms with Crippen LogP contribution in [-0.2, 0) is 4.79 Å². The van der Waals surface area contributed by atoms with E-state index in [4.69, 9.17) is 0 Å². The van der Waals surface area contributed by atoms with Crippen molar-refractivity contribution >= 4 is 11.8 Å². The van der Waals surface area contributed by atoms with Crippen molar-refractivity contribution in [3.8, 4) is 0 Å². The lowest BCUT2D eigenvalue weighted by Crippen LogP contribution is -2.47. The molecule has 4 rings (SSSR count). The van der Waals surface area contributed by atoms with Crippen molar-refractivity contribution in [2.45, 2.75) is 89.6 Å². The lowest BCUT2D eigenvalue weighted by Gasteiger charge is -2.39. The van der Waals surface area contributed by atoms with Crippen LogP contribution in [0.5, 0.6) is 0 Å². The van der Waals surface area contributed by atoms with Crippen LogP contribution in [0.3, 0.4) is 0 Å². The van der Waals surface area contributed by atoms with Crippen molar-refractivity contribution in [2.75, 3.05) is 13.1 Å². The van der Waals surface area contributed by atoms with Crippen LogP contribution in [0.2, 0.25) is 0 Å². The van der Waals surface area contributed by atoms with E-state index in [0.29, 0.717) is 5.91 Å². The molecule has 2 saturated heterocycles. The third-order valence-corrected chi connectivity index (χ3v) is 7.25. The number of carbonyl (C=O) groups excluding carboxylic acids is 2. The minimum Gasteiger partial charge on any atom is -0.342 e. The van der Waals surface area contributed by atoms with Crippen molar-refractivity contribution < 1.29 is 9.59 Å². The van der Waals surface area contributed by atoms with Crippen LogP contribution in [0, 0.1) is 5.92 Å². The van der Waals surface area contributed by atoms with E-state index in [1.165, 1.54) is 19.3 Å². The van der Waals surface area contributed by atoms with Crippen LogP contribution in [0.25, 0.3) is 0 Å². The van der Waals surface area contributed by atoms with Crippen molar-refractivity contribution in [3.05, 3.63) is 17.5 Å². The number of aromatic nitrogens is 2. The topological polar surface area (TPSA) is 69.3 Å². The molecule has 0 spiro atoms. The van der Waals surface area contributed by atoms with Gasteiger partial charge in [-0.2, -0.15) is 5.10 Å². The summed E-state index contributed by atoms with van der Waals surface area (Å²) in [5, 5.41) is 7.35. The summed E-state index contributed by atoms with van der Waals surface area (Å²) in [6.45, 7) is 5.90.